The molecule has 3 rings (SSSR count). The molecule has 1 saturated heterocycles. The Bertz CT molecular complexity index is 826. The Labute approximate surface area is 154 Å². The van der Waals surface area contributed by atoms with E-state index < -0.39 is 0 Å². The Kier molecular flexibility index (Phi) is 4.99. The van der Waals surface area contributed by atoms with Crippen LogP contribution in [0.15, 0.2) is 47.4 Å². The zero-order valence-corrected chi connectivity index (χ0v) is 15.1. The van der Waals surface area contributed by atoms with Crippen LogP contribution in [0.2, 0.25) is 10.0 Å². The minimum Gasteiger partial charge on any atom is -0.268 e. The van der Waals surface area contributed by atoms with E-state index in [0.29, 0.717) is 20.5 Å². The Balaban J connectivity index is 1.86. The lowest BCUT2D eigenvalue weighted by molar-refractivity contribution is -0.123. The lowest BCUT2D eigenvalue weighted by Gasteiger charge is -2.12. The topological polar surface area (TPSA) is 37.4 Å². The molecule has 24 heavy (non-hydrogen) atoms. The van der Waals surface area contributed by atoms with Gasteiger partial charge in [-0.3, -0.25) is 14.5 Å². The molecule has 1 aliphatic heterocycles. The maximum atomic E-state index is 12.5. The normalized spacial score (nSPS) is 16.3. The number of amides is 2. The van der Waals surface area contributed by atoms with Gasteiger partial charge >= 0.3 is 0 Å². The molecule has 3 nitrogen and oxygen atoms in total. The van der Waals surface area contributed by atoms with Crippen LogP contribution < -0.4 is 0 Å². The lowest BCUT2D eigenvalue weighted by Crippen LogP contribution is -2.27. The van der Waals surface area contributed by atoms with Crippen LogP contribution in [0.1, 0.15) is 16.7 Å². The molecule has 0 bridgehead atoms. The van der Waals surface area contributed by atoms with Crippen LogP contribution in [0, 0.1) is 6.92 Å². The van der Waals surface area contributed by atoms with E-state index in [9.17, 15) is 9.59 Å². The van der Waals surface area contributed by atoms with E-state index in [1.165, 1.54) is 4.90 Å². The average molecular weight is 378 g/mol. The Morgan fingerprint density at radius 2 is 1.67 bits per heavy atom. The van der Waals surface area contributed by atoms with Crippen LogP contribution in [-0.2, 0) is 11.3 Å². The molecule has 0 unspecified atom stereocenters. The van der Waals surface area contributed by atoms with Crippen molar-refractivity contribution in [3.8, 4) is 0 Å². The molecule has 2 aromatic carbocycles. The van der Waals surface area contributed by atoms with Crippen LogP contribution in [0.4, 0.5) is 4.79 Å². The molecule has 1 heterocycles. The summed E-state index contributed by atoms with van der Waals surface area (Å²) in [6.07, 6.45) is 1.57. The predicted octanol–water partition coefficient (Wildman–Crippen LogP) is 5.54. The maximum Gasteiger partial charge on any atom is 0.293 e. The standard InChI is InChI=1S/C18H13Cl2NO2S/c1-11-5-7-12(8-6-11)10-21-17(22)16(24-18(21)23)9-13-14(19)3-2-4-15(13)20/h2-9H,10H2,1H3/b16-9-. The molecule has 0 radical (unpaired) electrons. The van der Waals surface area contributed by atoms with Gasteiger partial charge in [0, 0.05) is 15.6 Å². The molecular formula is C18H13Cl2NO2S. The highest BCUT2D eigenvalue weighted by molar-refractivity contribution is 8.18. The van der Waals surface area contributed by atoms with Crippen molar-refractivity contribution in [3.05, 3.63) is 74.1 Å². The van der Waals surface area contributed by atoms with E-state index in [-0.39, 0.29) is 17.7 Å². The van der Waals surface area contributed by atoms with Crippen LogP contribution >= 0.6 is 35.0 Å². The van der Waals surface area contributed by atoms with E-state index in [1.807, 2.05) is 31.2 Å². The first-order chi connectivity index (χ1) is 11.5. The molecular weight excluding hydrogens is 365 g/mol. The summed E-state index contributed by atoms with van der Waals surface area (Å²) in [6, 6.07) is 12.8. The molecule has 0 aliphatic carbocycles. The van der Waals surface area contributed by atoms with Gasteiger partial charge in [0.25, 0.3) is 11.1 Å². The maximum absolute atomic E-state index is 12.5. The van der Waals surface area contributed by atoms with Crippen molar-refractivity contribution < 1.29 is 9.59 Å². The van der Waals surface area contributed by atoms with E-state index >= 15 is 0 Å². The molecule has 1 aliphatic rings. The highest BCUT2D eigenvalue weighted by Gasteiger charge is 2.35. The molecule has 6 heteroatoms. The third kappa shape index (κ3) is 3.51. The molecule has 0 aromatic heterocycles. The highest BCUT2D eigenvalue weighted by atomic mass is 35.5. The number of imide groups is 1. The van der Waals surface area contributed by atoms with Gasteiger partial charge in [-0.15, -0.1) is 0 Å². The number of thioether (sulfide) groups is 1. The SMILES string of the molecule is Cc1ccc(CN2C(=O)S/C(=C\c3c(Cl)cccc3Cl)C2=O)cc1. The second-order valence-electron chi connectivity index (χ2n) is 5.39. The first-order valence-corrected chi connectivity index (χ1v) is 8.78. The third-order valence-electron chi connectivity index (χ3n) is 3.61. The van der Waals surface area contributed by atoms with Gasteiger partial charge in [0.15, 0.2) is 0 Å². The Hall–Kier alpha value is -1.75. The number of halogens is 2. The van der Waals surface area contributed by atoms with Gasteiger partial charge < -0.3 is 0 Å². The van der Waals surface area contributed by atoms with Crippen LogP contribution in [0.3, 0.4) is 0 Å². The van der Waals surface area contributed by atoms with Crippen molar-refractivity contribution in [1.29, 1.82) is 0 Å². The second kappa shape index (κ2) is 7.01. The summed E-state index contributed by atoms with van der Waals surface area (Å²) in [5, 5.41) is 0.579. The van der Waals surface area contributed by atoms with Gasteiger partial charge in [-0.05, 0) is 42.5 Å². The first kappa shape index (κ1) is 17.1. The molecule has 0 atom stereocenters. The fraction of sp³-hybridized carbons (Fsp3) is 0.111. The highest BCUT2D eigenvalue weighted by Crippen LogP contribution is 2.36. The van der Waals surface area contributed by atoms with Crippen molar-refractivity contribution >= 4 is 52.2 Å². The Morgan fingerprint density at radius 1 is 1.04 bits per heavy atom. The fourth-order valence-electron chi connectivity index (χ4n) is 2.29. The number of carbonyl (C=O) groups is 2. The van der Waals surface area contributed by atoms with Crippen molar-refractivity contribution in [2.75, 3.05) is 0 Å². The predicted molar refractivity (Wildman–Crippen MR) is 99.2 cm³/mol. The van der Waals surface area contributed by atoms with Crippen LogP contribution in [-0.4, -0.2) is 16.0 Å². The first-order valence-electron chi connectivity index (χ1n) is 7.20. The van der Waals surface area contributed by atoms with Crippen molar-refractivity contribution in [3.63, 3.8) is 0 Å². The number of hydrogen-bond acceptors (Lipinski definition) is 3. The quantitative estimate of drug-likeness (QED) is 0.659. The van der Waals surface area contributed by atoms with Gasteiger partial charge in [0.1, 0.15) is 0 Å². The smallest absolute Gasteiger partial charge is 0.268 e. The number of nitrogens with zero attached hydrogens (tertiary/aromatic N) is 1. The minimum absolute atomic E-state index is 0.249. The van der Waals surface area contributed by atoms with E-state index in [0.717, 1.165) is 22.9 Å². The van der Waals surface area contributed by atoms with Gasteiger partial charge in [-0.2, -0.15) is 0 Å². The zero-order chi connectivity index (χ0) is 17.3. The van der Waals surface area contributed by atoms with Gasteiger partial charge in [-0.1, -0.05) is 59.1 Å². The summed E-state index contributed by atoms with van der Waals surface area (Å²) < 4.78 is 0. The summed E-state index contributed by atoms with van der Waals surface area (Å²) in [6.45, 7) is 2.23. The molecule has 0 saturated carbocycles. The minimum atomic E-state index is -0.332. The van der Waals surface area contributed by atoms with E-state index in [4.69, 9.17) is 23.2 Å². The van der Waals surface area contributed by atoms with Crippen molar-refractivity contribution in [2.45, 2.75) is 13.5 Å². The average Bonchev–Trinajstić information content (AvgIpc) is 2.80. The second-order valence-corrected chi connectivity index (χ2v) is 7.20. The molecule has 122 valence electrons. The monoisotopic (exact) mass is 377 g/mol. The molecule has 2 aromatic rings. The number of carbonyl (C=O) groups excluding carboxylic acids is 2. The fourth-order valence-corrected chi connectivity index (χ4v) is 3.62. The summed E-state index contributed by atoms with van der Waals surface area (Å²) in [7, 11) is 0. The van der Waals surface area contributed by atoms with E-state index in [1.54, 1.807) is 24.3 Å². The van der Waals surface area contributed by atoms with E-state index in [2.05, 4.69) is 0 Å². The molecule has 0 spiro atoms. The van der Waals surface area contributed by atoms with Crippen LogP contribution in [0.25, 0.3) is 6.08 Å². The molecule has 0 N–H and O–H groups in total. The summed E-state index contributed by atoms with van der Waals surface area (Å²) in [5.41, 5.74) is 2.57. The van der Waals surface area contributed by atoms with Crippen molar-refractivity contribution in [2.24, 2.45) is 0 Å². The molecule has 2 amide bonds. The largest absolute Gasteiger partial charge is 0.293 e. The third-order valence-corrected chi connectivity index (χ3v) is 5.18. The number of hydrogen-bond donors (Lipinski definition) is 0. The van der Waals surface area contributed by atoms with Crippen LogP contribution in [0.5, 0.6) is 0 Å². The van der Waals surface area contributed by atoms with Crippen molar-refractivity contribution in [1.82, 2.24) is 4.90 Å². The summed E-state index contributed by atoms with van der Waals surface area (Å²) >= 11 is 13.1. The summed E-state index contributed by atoms with van der Waals surface area (Å²) in [4.78, 5) is 26.3. The van der Waals surface area contributed by atoms with Gasteiger partial charge in [0.05, 0.1) is 11.4 Å². The van der Waals surface area contributed by atoms with Gasteiger partial charge in [-0.25, -0.2) is 0 Å². The molecule has 1 fully saturated rings. The zero-order valence-electron chi connectivity index (χ0n) is 12.8. The number of aryl methyl sites for hydroxylation is 1. The Morgan fingerprint density at radius 3 is 2.29 bits per heavy atom. The number of benzene rings is 2. The lowest BCUT2D eigenvalue weighted by atomic mass is 10.1. The number of rotatable bonds is 3. The summed E-state index contributed by atoms with van der Waals surface area (Å²) in [5.74, 6) is -0.332. The van der Waals surface area contributed by atoms with Gasteiger partial charge in [0.2, 0.25) is 0 Å².